The van der Waals surface area contributed by atoms with Crippen molar-refractivity contribution < 1.29 is 17.9 Å². The van der Waals surface area contributed by atoms with E-state index in [1.54, 1.807) is 26.8 Å². The first kappa shape index (κ1) is 15.0. The molecule has 0 aromatic heterocycles. The van der Waals surface area contributed by atoms with Crippen LogP contribution in [0.5, 0.6) is 0 Å². The molecule has 1 N–H and O–H groups in total. The van der Waals surface area contributed by atoms with Crippen LogP contribution in [-0.4, -0.2) is 25.4 Å². The van der Waals surface area contributed by atoms with Crippen molar-refractivity contribution in [3.05, 3.63) is 23.9 Å². The van der Waals surface area contributed by atoms with Crippen molar-refractivity contribution in [3.8, 4) is 0 Å². The molecule has 1 aliphatic carbocycles. The van der Waals surface area contributed by atoms with Crippen LogP contribution in [0.25, 0.3) is 0 Å². The molecule has 0 saturated heterocycles. The van der Waals surface area contributed by atoms with Crippen LogP contribution in [0.1, 0.15) is 27.2 Å². The molecular formula is C11H16ClNO4S. The lowest BCUT2D eigenvalue weighted by Gasteiger charge is -2.21. The first-order valence-electron chi connectivity index (χ1n) is 5.40. The summed E-state index contributed by atoms with van der Waals surface area (Å²) in [5, 5.41) is 1.78. The Morgan fingerprint density at radius 2 is 2.11 bits per heavy atom. The summed E-state index contributed by atoms with van der Waals surface area (Å²) in [7, 11) is 1.62. The van der Waals surface area contributed by atoms with Crippen LogP contribution < -0.4 is 5.32 Å². The van der Waals surface area contributed by atoms with Gasteiger partial charge in [-0.25, -0.2) is 13.2 Å². The van der Waals surface area contributed by atoms with Crippen molar-refractivity contribution in [2.24, 2.45) is 0 Å². The first-order valence-corrected chi connectivity index (χ1v) is 7.77. The highest BCUT2D eigenvalue weighted by molar-refractivity contribution is 8.14. The van der Waals surface area contributed by atoms with Crippen molar-refractivity contribution in [1.29, 1.82) is 0 Å². The standard InChI is InChI=1S/C11H16ClNO4S/c1-11(2,3)17-10(14)13-8-4-6-9(7-5-8)18(12,15)16/h4-6,9H,7H2,1-3H3,(H,13,14). The molecule has 0 fully saturated rings. The van der Waals surface area contributed by atoms with Gasteiger partial charge in [0.25, 0.3) is 0 Å². The summed E-state index contributed by atoms with van der Waals surface area (Å²) in [4.78, 5) is 11.5. The number of halogens is 1. The maximum Gasteiger partial charge on any atom is 0.412 e. The third-order valence-electron chi connectivity index (χ3n) is 2.07. The predicted molar refractivity (Wildman–Crippen MR) is 69.8 cm³/mol. The third kappa shape index (κ3) is 5.10. The van der Waals surface area contributed by atoms with Crippen LogP contribution in [0.3, 0.4) is 0 Å². The van der Waals surface area contributed by atoms with Crippen molar-refractivity contribution >= 4 is 25.8 Å². The largest absolute Gasteiger partial charge is 0.444 e. The van der Waals surface area contributed by atoms with Gasteiger partial charge in [0, 0.05) is 16.4 Å². The molecule has 0 radical (unpaired) electrons. The lowest BCUT2D eigenvalue weighted by Crippen LogP contribution is -2.32. The summed E-state index contributed by atoms with van der Waals surface area (Å²) in [6.45, 7) is 5.27. The molecule has 18 heavy (non-hydrogen) atoms. The Morgan fingerprint density at radius 3 is 2.50 bits per heavy atom. The Hall–Kier alpha value is -1.01. The Bertz CT molecular complexity index is 488. The average molecular weight is 294 g/mol. The lowest BCUT2D eigenvalue weighted by molar-refractivity contribution is 0.0547. The zero-order valence-corrected chi connectivity index (χ0v) is 12.0. The minimum absolute atomic E-state index is 0.230. The first-order chi connectivity index (χ1) is 8.08. The molecule has 0 aromatic rings. The van der Waals surface area contributed by atoms with Crippen LogP contribution in [0, 0.1) is 0 Å². The van der Waals surface area contributed by atoms with Gasteiger partial charge in [0.2, 0.25) is 9.05 Å². The van der Waals surface area contributed by atoms with Crippen molar-refractivity contribution in [2.75, 3.05) is 0 Å². The van der Waals surface area contributed by atoms with Gasteiger partial charge < -0.3 is 4.74 Å². The van der Waals surface area contributed by atoms with E-state index in [2.05, 4.69) is 5.32 Å². The van der Waals surface area contributed by atoms with E-state index in [0.29, 0.717) is 5.70 Å². The number of alkyl carbamates (subject to hydrolysis) is 1. The number of rotatable bonds is 2. The summed E-state index contributed by atoms with van der Waals surface area (Å²) >= 11 is 0. The molecule has 0 bridgehead atoms. The summed E-state index contributed by atoms with van der Waals surface area (Å²) < 4.78 is 27.2. The average Bonchev–Trinajstić information content (AvgIpc) is 2.13. The van der Waals surface area contributed by atoms with Crippen LogP contribution in [0.15, 0.2) is 23.9 Å². The number of allylic oxidation sites excluding steroid dienone is 2. The third-order valence-corrected chi connectivity index (χ3v) is 3.83. The number of hydrogen-bond donors (Lipinski definition) is 1. The highest BCUT2D eigenvalue weighted by Gasteiger charge is 2.22. The molecule has 0 heterocycles. The molecule has 1 aliphatic rings. The molecule has 1 unspecified atom stereocenters. The SMILES string of the molecule is CC(C)(C)OC(=O)NC1=CCC(S(=O)(=O)Cl)C=C1. The van der Waals surface area contributed by atoms with E-state index in [-0.39, 0.29) is 6.42 Å². The molecule has 0 saturated carbocycles. The minimum Gasteiger partial charge on any atom is -0.444 e. The summed E-state index contributed by atoms with van der Waals surface area (Å²) in [5.41, 5.74) is -0.0776. The van der Waals surface area contributed by atoms with E-state index < -0.39 is 26.0 Å². The smallest absolute Gasteiger partial charge is 0.412 e. The van der Waals surface area contributed by atoms with E-state index in [9.17, 15) is 13.2 Å². The van der Waals surface area contributed by atoms with Gasteiger partial charge in [0.1, 0.15) is 5.60 Å². The highest BCUT2D eigenvalue weighted by Crippen LogP contribution is 2.19. The van der Waals surface area contributed by atoms with Gasteiger partial charge in [-0.1, -0.05) is 12.2 Å². The van der Waals surface area contributed by atoms with E-state index in [1.165, 1.54) is 12.2 Å². The van der Waals surface area contributed by atoms with Crippen molar-refractivity contribution in [2.45, 2.75) is 38.0 Å². The van der Waals surface area contributed by atoms with Crippen LogP contribution in [0.4, 0.5) is 4.79 Å². The van der Waals surface area contributed by atoms with Crippen molar-refractivity contribution in [3.63, 3.8) is 0 Å². The molecule has 1 atom stereocenters. The molecule has 1 amide bonds. The molecule has 102 valence electrons. The summed E-state index contributed by atoms with van der Waals surface area (Å²) in [6, 6.07) is 0. The molecule has 7 heteroatoms. The van der Waals surface area contributed by atoms with Gasteiger partial charge in [-0.05, 0) is 33.3 Å². The molecule has 0 aromatic carbocycles. The number of amides is 1. The van der Waals surface area contributed by atoms with Crippen molar-refractivity contribution in [1.82, 2.24) is 5.32 Å². The fourth-order valence-corrected chi connectivity index (χ4v) is 2.31. The maximum atomic E-state index is 11.5. The fraction of sp³-hybridized carbons (Fsp3) is 0.545. The van der Waals surface area contributed by atoms with E-state index in [1.807, 2.05) is 0 Å². The molecule has 1 rings (SSSR count). The summed E-state index contributed by atoms with van der Waals surface area (Å²) in [5.74, 6) is 0. The number of hydrogen-bond acceptors (Lipinski definition) is 4. The Morgan fingerprint density at radius 1 is 1.50 bits per heavy atom. The van der Waals surface area contributed by atoms with E-state index in [4.69, 9.17) is 15.4 Å². The number of carbonyl (C=O) groups is 1. The van der Waals surface area contributed by atoms with Gasteiger partial charge in [0.15, 0.2) is 0 Å². The highest BCUT2D eigenvalue weighted by atomic mass is 35.7. The maximum absolute atomic E-state index is 11.5. The molecular weight excluding hydrogens is 278 g/mol. The van der Waals surface area contributed by atoms with Crippen LogP contribution in [0.2, 0.25) is 0 Å². The van der Waals surface area contributed by atoms with Gasteiger partial charge in [-0.2, -0.15) is 0 Å². The zero-order valence-electron chi connectivity index (χ0n) is 10.4. The zero-order chi connectivity index (χ0) is 14.0. The Labute approximate surface area is 111 Å². The Kier molecular flexibility index (Phi) is 4.45. The second-order valence-electron chi connectivity index (χ2n) is 4.90. The van der Waals surface area contributed by atoms with Crippen LogP contribution >= 0.6 is 10.7 Å². The monoisotopic (exact) mass is 293 g/mol. The van der Waals surface area contributed by atoms with Crippen LogP contribution in [-0.2, 0) is 13.8 Å². The van der Waals surface area contributed by atoms with Gasteiger partial charge in [-0.15, -0.1) is 0 Å². The fourth-order valence-electron chi connectivity index (χ4n) is 1.32. The van der Waals surface area contributed by atoms with Gasteiger partial charge in [-0.3, -0.25) is 5.32 Å². The molecule has 0 aliphatic heterocycles. The number of nitrogens with one attached hydrogen (secondary N) is 1. The Balaban J connectivity index is 2.56. The van der Waals surface area contributed by atoms with E-state index in [0.717, 1.165) is 0 Å². The molecule has 0 spiro atoms. The lowest BCUT2D eigenvalue weighted by atomic mass is 10.1. The number of ether oxygens (including phenoxy) is 1. The second kappa shape index (κ2) is 5.32. The predicted octanol–water partition coefficient (Wildman–Crippen LogP) is 2.29. The summed E-state index contributed by atoms with van der Waals surface area (Å²) in [6.07, 6.45) is 4.18. The van der Waals surface area contributed by atoms with Gasteiger partial charge in [0.05, 0.1) is 5.25 Å². The normalized spacial score (nSPS) is 20.2. The minimum atomic E-state index is -3.61. The molecule has 5 nitrogen and oxygen atoms in total. The topological polar surface area (TPSA) is 72.5 Å². The van der Waals surface area contributed by atoms with E-state index >= 15 is 0 Å². The quantitative estimate of drug-likeness (QED) is 0.793. The second-order valence-corrected chi connectivity index (χ2v) is 7.74. The number of carbonyl (C=O) groups excluding carboxylic acids is 1. The van der Waals surface area contributed by atoms with Gasteiger partial charge >= 0.3 is 6.09 Å².